The molecule has 0 unspecified atom stereocenters. The first kappa shape index (κ1) is 20.9. The second kappa shape index (κ2) is 9.25. The summed E-state index contributed by atoms with van der Waals surface area (Å²) >= 11 is 1.76. The highest BCUT2D eigenvalue weighted by Gasteiger charge is 2.35. The molecule has 7 heteroatoms. The van der Waals surface area contributed by atoms with Gasteiger partial charge in [0.05, 0.1) is 17.3 Å². The number of nitrogens with one attached hydrogen (secondary N) is 1. The second-order valence-corrected chi connectivity index (χ2v) is 10.3. The van der Waals surface area contributed by atoms with Gasteiger partial charge in [0.1, 0.15) is 5.82 Å². The lowest BCUT2D eigenvalue weighted by Gasteiger charge is -2.38. The maximum absolute atomic E-state index is 13.3. The summed E-state index contributed by atoms with van der Waals surface area (Å²) in [6.45, 7) is 3.22. The topological polar surface area (TPSA) is 69.3 Å². The van der Waals surface area contributed by atoms with E-state index in [1.54, 1.807) is 11.3 Å². The number of aromatic amines is 1. The van der Waals surface area contributed by atoms with Gasteiger partial charge in [-0.3, -0.25) is 14.5 Å². The second-order valence-electron chi connectivity index (χ2n) is 9.29. The fourth-order valence-corrected chi connectivity index (χ4v) is 6.23. The molecule has 4 heterocycles. The maximum atomic E-state index is 13.3. The Labute approximate surface area is 187 Å². The smallest absolute Gasteiger partial charge is 0.255 e. The van der Waals surface area contributed by atoms with Crippen molar-refractivity contribution in [3.05, 3.63) is 49.8 Å². The minimum absolute atomic E-state index is 0.0217. The van der Waals surface area contributed by atoms with E-state index in [1.165, 1.54) is 11.3 Å². The third kappa shape index (κ3) is 4.48. The molecular formula is C24H32N4O2S. The minimum atomic E-state index is -0.0784. The molecule has 2 aliphatic heterocycles. The Hall–Kier alpha value is -1.99. The summed E-state index contributed by atoms with van der Waals surface area (Å²) in [4.78, 5) is 40.0. The summed E-state index contributed by atoms with van der Waals surface area (Å²) in [5, 5.41) is 2.10. The van der Waals surface area contributed by atoms with Crippen LogP contribution >= 0.6 is 11.3 Å². The highest BCUT2D eigenvalue weighted by atomic mass is 32.1. The monoisotopic (exact) mass is 440 g/mol. The van der Waals surface area contributed by atoms with E-state index in [0.717, 1.165) is 82.3 Å². The average Bonchev–Trinajstić information content (AvgIpc) is 3.32. The molecule has 1 saturated carbocycles. The molecule has 0 aromatic carbocycles. The van der Waals surface area contributed by atoms with Gasteiger partial charge in [0.2, 0.25) is 5.91 Å². The molecule has 1 atom stereocenters. The molecule has 31 heavy (non-hydrogen) atoms. The van der Waals surface area contributed by atoms with Gasteiger partial charge in [-0.25, -0.2) is 4.98 Å². The van der Waals surface area contributed by atoms with E-state index >= 15 is 0 Å². The average molecular weight is 441 g/mol. The Balaban J connectivity index is 1.35. The number of carbonyl (C=O) groups excluding carboxylic acids is 1. The molecule has 3 aliphatic rings. The first-order chi connectivity index (χ1) is 15.2. The predicted octanol–water partition coefficient (Wildman–Crippen LogP) is 4.02. The number of H-pyrrole nitrogens is 1. The van der Waals surface area contributed by atoms with E-state index < -0.39 is 0 Å². The van der Waals surface area contributed by atoms with E-state index in [-0.39, 0.29) is 23.4 Å². The molecule has 0 bridgehead atoms. The number of rotatable bonds is 4. The summed E-state index contributed by atoms with van der Waals surface area (Å²) in [5.41, 5.74) is 1.70. The Bertz CT molecular complexity index is 964. The maximum Gasteiger partial charge on any atom is 0.255 e. The normalized spacial score (nSPS) is 23.0. The van der Waals surface area contributed by atoms with Crippen molar-refractivity contribution in [1.82, 2.24) is 19.8 Å². The Morgan fingerprint density at radius 1 is 1.13 bits per heavy atom. The van der Waals surface area contributed by atoms with Crippen molar-refractivity contribution in [2.75, 3.05) is 13.1 Å². The van der Waals surface area contributed by atoms with Crippen LogP contribution in [0.15, 0.2) is 22.3 Å². The van der Waals surface area contributed by atoms with E-state index in [9.17, 15) is 9.59 Å². The van der Waals surface area contributed by atoms with E-state index in [0.29, 0.717) is 12.4 Å². The van der Waals surface area contributed by atoms with Crippen molar-refractivity contribution in [2.24, 2.45) is 5.92 Å². The van der Waals surface area contributed by atoms with Crippen LogP contribution in [0.25, 0.3) is 0 Å². The summed E-state index contributed by atoms with van der Waals surface area (Å²) in [5.74, 6) is 1.15. The van der Waals surface area contributed by atoms with Crippen molar-refractivity contribution in [1.29, 1.82) is 0 Å². The zero-order valence-electron chi connectivity index (χ0n) is 18.1. The third-order valence-corrected chi connectivity index (χ3v) is 8.04. The van der Waals surface area contributed by atoms with Gasteiger partial charge in [-0.2, -0.15) is 0 Å². The summed E-state index contributed by atoms with van der Waals surface area (Å²) < 4.78 is 0. The Morgan fingerprint density at radius 3 is 2.77 bits per heavy atom. The van der Waals surface area contributed by atoms with Crippen LogP contribution in [0.2, 0.25) is 0 Å². The van der Waals surface area contributed by atoms with Gasteiger partial charge in [-0.1, -0.05) is 25.3 Å². The van der Waals surface area contributed by atoms with Crippen LogP contribution in [0.4, 0.5) is 0 Å². The fourth-order valence-electron chi connectivity index (χ4n) is 5.48. The van der Waals surface area contributed by atoms with Crippen LogP contribution in [0, 0.1) is 5.92 Å². The number of likely N-dealkylation sites (tertiary alicyclic amines) is 1. The molecule has 1 N–H and O–H groups in total. The highest BCUT2D eigenvalue weighted by Crippen LogP contribution is 2.34. The Morgan fingerprint density at radius 2 is 1.97 bits per heavy atom. The lowest BCUT2D eigenvalue weighted by atomic mass is 9.87. The number of fused-ring (bicyclic) bond motifs is 1. The van der Waals surface area contributed by atoms with Crippen LogP contribution < -0.4 is 5.56 Å². The van der Waals surface area contributed by atoms with Crippen LogP contribution in [0.1, 0.15) is 79.4 Å². The fraction of sp³-hybridized carbons (Fsp3) is 0.625. The van der Waals surface area contributed by atoms with Gasteiger partial charge in [0, 0.05) is 43.4 Å². The molecule has 0 radical (unpaired) electrons. The first-order valence-electron chi connectivity index (χ1n) is 11.9. The first-order valence-corrected chi connectivity index (χ1v) is 12.7. The molecule has 166 valence electrons. The molecule has 2 fully saturated rings. The number of hydrogen-bond acceptors (Lipinski definition) is 5. The minimum Gasteiger partial charge on any atom is -0.332 e. The summed E-state index contributed by atoms with van der Waals surface area (Å²) in [6.07, 6.45) is 9.39. The van der Waals surface area contributed by atoms with Crippen molar-refractivity contribution >= 4 is 17.2 Å². The summed E-state index contributed by atoms with van der Waals surface area (Å²) in [7, 11) is 0. The SMILES string of the molecule is O=C(C1CCCCC1)N1CCCC[C@@H]1c1nc2c(c(=O)[nH]1)CN(Cc1cccs1)CC2. The zero-order chi connectivity index (χ0) is 21.2. The summed E-state index contributed by atoms with van der Waals surface area (Å²) in [6, 6.07) is 4.14. The lowest BCUT2D eigenvalue weighted by molar-refractivity contribution is -0.140. The molecule has 5 rings (SSSR count). The molecule has 6 nitrogen and oxygen atoms in total. The lowest BCUT2D eigenvalue weighted by Crippen LogP contribution is -2.44. The van der Waals surface area contributed by atoms with E-state index in [1.807, 2.05) is 4.90 Å². The number of nitrogens with zero attached hydrogens (tertiary/aromatic N) is 3. The number of piperidine rings is 1. The number of amides is 1. The van der Waals surface area contributed by atoms with Crippen LogP contribution in [-0.4, -0.2) is 38.8 Å². The molecule has 2 aromatic rings. The quantitative estimate of drug-likeness (QED) is 0.780. The van der Waals surface area contributed by atoms with Crippen molar-refractivity contribution < 1.29 is 4.79 Å². The number of hydrogen-bond donors (Lipinski definition) is 1. The van der Waals surface area contributed by atoms with E-state index in [4.69, 9.17) is 4.98 Å². The molecule has 1 amide bonds. The molecular weight excluding hydrogens is 408 g/mol. The third-order valence-electron chi connectivity index (χ3n) is 7.18. The van der Waals surface area contributed by atoms with Crippen LogP contribution in [0.5, 0.6) is 0 Å². The van der Waals surface area contributed by atoms with Crippen molar-refractivity contribution in [2.45, 2.75) is 76.9 Å². The molecule has 1 aliphatic carbocycles. The number of aromatic nitrogens is 2. The molecule has 2 aromatic heterocycles. The highest BCUT2D eigenvalue weighted by molar-refractivity contribution is 7.09. The van der Waals surface area contributed by atoms with Crippen molar-refractivity contribution in [3.63, 3.8) is 0 Å². The van der Waals surface area contributed by atoms with Gasteiger partial charge in [0.15, 0.2) is 0 Å². The van der Waals surface area contributed by atoms with Crippen LogP contribution in [0.3, 0.4) is 0 Å². The van der Waals surface area contributed by atoms with Crippen LogP contribution in [-0.2, 0) is 24.3 Å². The zero-order valence-corrected chi connectivity index (χ0v) is 19.0. The van der Waals surface area contributed by atoms with E-state index in [2.05, 4.69) is 27.4 Å². The van der Waals surface area contributed by atoms with Gasteiger partial charge < -0.3 is 9.88 Å². The predicted molar refractivity (Wildman–Crippen MR) is 122 cm³/mol. The van der Waals surface area contributed by atoms with Gasteiger partial charge in [-0.05, 0) is 43.6 Å². The van der Waals surface area contributed by atoms with Gasteiger partial charge >= 0.3 is 0 Å². The van der Waals surface area contributed by atoms with Gasteiger partial charge in [0.25, 0.3) is 5.56 Å². The molecule has 1 saturated heterocycles. The van der Waals surface area contributed by atoms with Crippen molar-refractivity contribution in [3.8, 4) is 0 Å². The number of thiophene rings is 1. The largest absolute Gasteiger partial charge is 0.332 e. The van der Waals surface area contributed by atoms with Gasteiger partial charge in [-0.15, -0.1) is 11.3 Å². The standard InChI is InChI=1S/C24H32N4O2S/c29-23-19-16-27(15-18-9-6-14-31-18)13-11-20(19)25-22(26-23)21-10-4-5-12-28(21)24(30)17-7-2-1-3-8-17/h6,9,14,17,21H,1-5,7-8,10-13,15-16H2,(H,25,26,29)/t21-/m1/s1. The number of carbonyl (C=O) groups is 1. The Kier molecular flexibility index (Phi) is 6.23. The molecule has 0 spiro atoms.